The van der Waals surface area contributed by atoms with Gasteiger partial charge in [0.2, 0.25) is 5.89 Å². The number of para-hydroxylation sites is 1. The number of hydrogen-bond acceptors (Lipinski definition) is 5. The predicted molar refractivity (Wildman–Crippen MR) is 77.9 cm³/mol. The Labute approximate surface area is 128 Å². The Kier molecular flexibility index (Phi) is 3.10. The number of hydrogen-bond donors (Lipinski definition) is 0. The van der Waals surface area contributed by atoms with Crippen LogP contribution < -0.4 is 4.74 Å². The van der Waals surface area contributed by atoms with Crippen molar-refractivity contribution in [3.05, 3.63) is 41.5 Å². The number of aromatic nitrogens is 2. The fourth-order valence-corrected chi connectivity index (χ4v) is 2.71. The fraction of sp³-hybridized carbons (Fsp3) is 0.438. The van der Waals surface area contributed by atoms with Gasteiger partial charge in [0.15, 0.2) is 5.82 Å². The molecule has 0 unspecified atom stereocenters. The lowest BCUT2D eigenvalue weighted by Crippen LogP contribution is -2.48. The number of nitrogens with zero attached hydrogens (tertiary/aromatic N) is 3. The first-order valence-corrected chi connectivity index (χ1v) is 7.52. The summed E-state index contributed by atoms with van der Waals surface area (Å²) in [5.74, 6) is 2.71. The van der Waals surface area contributed by atoms with Gasteiger partial charge in [-0.15, -0.1) is 0 Å². The number of rotatable bonds is 4. The van der Waals surface area contributed by atoms with Gasteiger partial charge in [0, 0.05) is 19.0 Å². The van der Waals surface area contributed by atoms with Crippen molar-refractivity contribution < 1.29 is 14.1 Å². The monoisotopic (exact) mass is 299 g/mol. The topological polar surface area (TPSA) is 68.5 Å². The maximum Gasteiger partial charge on any atom is 0.257 e. The Hall–Kier alpha value is -2.37. The lowest BCUT2D eigenvalue weighted by molar-refractivity contribution is 0.0566. The Morgan fingerprint density at radius 2 is 2.05 bits per heavy atom. The summed E-state index contributed by atoms with van der Waals surface area (Å²) in [6.07, 6.45) is 2.31. The molecule has 1 saturated carbocycles. The summed E-state index contributed by atoms with van der Waals surface area (Å²) in [4.78, 5) is 18.7. The Morgan fingerprint density at radius 1 is 1.27 bits per heavy atom. The molecule has 2 aromatic rings. The smallest absolute Gasteiger partial charge is 0.257 e. The first-order chi connectivity index (χ1) is 10.8. The summed E-state index contributed by atoms with van der Waals surface area (Å²) < 4.78 is 10.6. The van der Waals surface area contributed by atoms with E-state index in [2.05, 4.69) is 10.1 Å². The van der Waals surface area contributed by atoms with Crippen molar-refractivity contribution in [1.29, 1.82) is 0 Å². The van der Waals surface area contributed by atoms with E-state index in [9.17, 15) is 4.79 Å². The molecular formula is C16H17N3O3. The van der Waals surface area contributed by atoms with Crippen LogP contribution in [0.15, 0.2) is 28.8 Å². The molecule has 0 radical (unpaired) electrons. The Balaban J connectivity index is 1.42. The number of likely N-dealkylation sites (tertiary alicyclic amines) is 1. The molecule has 0 spiro atoms. The van der Waals surface area contributed by atoms with Crippen molar-refractivity contribution in [2.24, 2.45) is 0 Å². The first kappa shape index (κ1) is 13.3. The largest absolute Gasteiger partial charge is 0.496 e. The predicted octanol–water partition coefficient (Wildman–Crippen LogP) is 2.20. The normalized spacial score (nSPS) is 18.1. The number of benzene rings is 1. The van der Waals surface area contributed by atoms with Gasteiger partial charge in [-0.2, -0.15) is 4.98 Å². The van der Waals surface area contributed by atoms with Gasteiger partial charge >= 0.3 is 0 Å². The van der Waals surface area contributed by atoms with Crippen LogP contribution in [0.4, 0.5) is 0 Å². The highest BCUT2D eigenvalue weighted by molar-refractivity contribution is 5.97. The molecule has 1 amide bonds. The van der Waals surface area contributed by atoms with Gasteiger partial charge in [-0.25, -0.2) is 0 Å². The van der Waals surface area contributed by atoms with E-state index in [4.69, 9.17) is 9.26 Å². The SMILES string of the molecule is COc1ccccc1C(=O)N1CC(c2nc(C3CC3)no2)C1. The molecule has 1 aromatic heterocycles. The Bertz CT molecular complexity index is 702. The van der Waals surface area contributed by atoms with E-state index in [1.165, 1.54) is 0 Å². The molecule has 22 heavy (non-hydrogen) atoms. The average Bonchev–Trinajstić information content (AvgIpc) is 3.25. The van der Waals surface area contributed by atoms with Gasteiger partial charge in [0.25, 0.3) is 5.91 Å². The zero-order valence-corrected chi connectivity index (χ0v) is 12.4. The second-order valence-corrected chi connectivity index (χ2v) is 5.87. The van der Waals surface area contributed by atoms with E-state index in [1.54, 1.807) is 24.1 Å². The van der Waals surface area contributed by atoms with E-state index in [-0.39, 0.29) is 11.8 Å². The van der Waals surface area contributed by atoms with E-state index < -0.39 is 0 Å². The molecule has 1 aromatic carbocycles. The van der Waals surface area contributed by atoms with Crippen LogP contribution in [0, 0.1) is 0 Å². The molecule has 0 N–H and O–H groups in total. The van der Waals surface area contributed by atoms with E-state index >= 15 is 0 Å². The minimum atomic E-state index is -0.0179. The third-order valence-electron chi connectivity index (χ3n) is 4.26. The minimum absolute atomic E-state index is 0.0179. The third kappa shape index (κ3) is 2.24. The molecule has 1 aliphatic carbocycles. The van der Waals surface area contributed by atoms with Gasteiger partial charge in [0.05, 0.1) is 18.6 Å². The molecule has 2 aliphatic rings. The van der Waals surface area contributed by atoms with Crippen LogP contribution in [-0.2, 0) is 0 Å². The van der Waals surface area contributed by atoms with E-state index in [0.717, 1.165) is 18.7 Å². The molecule has 6 nitrogen and oxygen atoms in total. The first-order valence-electron chi connectivity index (χ1n) is 7.52. The van der Waals surface area contributed by atoms with Crippen LogP contribution in [0.2, 0.25) is 0 Å². The summed E-state index contributed by atoms with van der Waals surface area (Å²) >= 11 is 0. The van der Waals surface area contributed by atoms with Gasteiger partial charge in [-0.1, -0.05) is 17.3 Å². The van der Waals surface area contributed by atoms with Crippen molar-refractivity contribution in [2.45, 2.75) is 24.7 Å². The van der Waals surface area contributed by atoms with E-state index in [0.29, 0.717) is 36.2 Å². The summed E-state index contributed by atoms with van der Waals surface area (Å²) in [6, 6.07) is 7.27. The number of amides is 1. The average molecular weight is 299 g/mol. The van der Waals surface area contributed by atoms with Crippen LogP contribution >= 0.6 is 0 Å². The Morgan fingerprint density at radius 3 is 2.77 bits per heavy atom. The maximum absolute atomic E-state index is 12.5. The van der Waals surface area contributed by atoms with Gasteiger partial charge < -0.3 is 14.2 Å². The number of ether oxygens (including phenoxy) is 1. The van der Waals surface area contributed by atoms with Gasteiger partial charge in [-0.3, -0.25) is 4.79 Å². The highest BCUT2D eigenvalue weighted by Crippen LogP contribution is 2.39. The molecule has 0 bridgehead atoms. The van der Waals surface area contributed by atoms with Crippen LogP contribution in [0.1, 0.15) is 46.8 Å². The van der Waals surface area contributed by atoms with Gasteiger partial charge in [-0.05, 0) is 25.0 Å². The van der Waals surface area contributed by atoms with Crippen molar-refractivity contribution >= 4 is 5.91 Å². The molecule has 2 heterocycles. The lowest BCUT2D eigenvalue weighted by atomic mass is 9.98. The summed E-state index contributed by atoms with van der Waals surface area (Å²) in [6.45, 7) is 1.23. The highest BCUT2D eigenvalue weighted by Gasteiger charge is 2.38. The lowest BCUT2D eigenvalue weighted by Gasteiger charge is -2.37. The number of carbonyl (C=O) groups is 1. The van der Waals surface area contributed by atoms with Crippen LogP contribution in [0.25, 0.3) is 0 Å². The zero-order chi connectivity index (χ0) is 15.1. The molecule has 1 aliphatic heterocycles. The van der Waals surface area contributed by atoms with Crippen molar-refractivity contribution in [3.8, 4) is 5.75 Å². The third-order valence-corrected chi connectivity index (χ3v) is 4.26. The van der Waals surface area contributed by atoms with Gasteiger partial charge in [0.1, 0.15) is 5.75 Å². The summed E-state index contributed by atoms with van der Waals surface area (Å²) in [5, 5.41) is 4.03. The molecule has 1 saturated heterocycles. The zero-order valence-electron chi connectivity index (χ0n) is 12.4. The molecular weight excluding hydrogens is 282 g/mol. The van der Waals surface area contributed by atoms with Crippen LogP contribution in [0.3, 0.4) is 0 Å². The van der Waals surface area contributed by atoms with Crippen molar-refractivity contribution in [1.82, 2.24) is 15.0 Å². The second-order valence-electron chi connectivity index (χ2n) is 5.87. The van der Waals surface area contributed by atoms with Crippen LogP contribution in [0.5, 0.6) is 5.75 Å². The second kappa shape index (κ2) is 5.12. The van der Waals surface area contributed by atoms with Crippen LogP contribution in [-0.4, -0.2) is 41.1 Å². The molecule has 0 atom stereocenters. The van der Waals surface area contributed by atoms with Crippen molar-refractivity contribution in [3.63, 3.8) is 0 Å². The molecule has 6 heteroatoms. The highest BCUT2D eigenvalue weighted by atomic mass is 16.5. The van der Waals surface area contributed by atoms with E-state index in [1.807, 2.05) is 12.1 Å². The maximum atomic E-state index is 12.5. The molecule has 2 fully saturated rings. The summed E-state index contributed by atoms with van der Waals surface area (Å²) in [5.41, 5.74) is 0.590. The molecule has 4 rings (SSSR count). The number of carbonyl (C=O) groups excluding carboxylic acids is 1. The van der Waals surface area contributed by atoms with Crippen molar-refractivity contribution in [2.75, 3.05) is 20.2 Å². The molecule has 114 valence electrons. The fourth-order valence-electron chi connectivity index (χ4n) is 2.71. The number of methoxy groups -OCH3 is 1. The minimum Gasteiger partial charge on any atom is -0.496 e. The standard InChI is InChI=1S/C16H17N3O3/c1-21-13-5-3-2-4-12(13)16(20)19-8-11(9-19)15-17-14(18-22-15)10-6-7-10/h2-5,10-11H,6-9H2,1H3. The quantitative estimate of drug-likeness (QED) is 0.865. The summed E-state index contributed by atoms with van der Waals surface area (Å²) in [7, 11) is 1.57.